The van der Waals surface area contributed by atoms with Crippen LogP contribution in [-0.4, -0.2) is 21.1 Å². The lowest BCUT2D eigenvalue weighted by atomic mass is 10.2. The van der Waals surface area contributed by atoms with Crippen molar-refractivity contribution in [3.05, 3.63) is 58.6 Å². The minimum absolute atomic E-state index is 0.250. The van der Waals surface area contributed by atoms with Gasteiger partial charge in [-0.3, -0.25) is 0 Å². The molecule has 0 bridgehead atoms. The summed E-state index contributed by atoms with van der Waals surface area (Å²) in [4.78, 5) is 0. The summed E-state index contributed by atoms with van der Waals surface area (Å²) in [7, 11) is 0. The van der Waals surface area contributed by atoms with Crippen molar-refractivity contribution < 1.29 is 13.2 Å². The largest absolute Gasteiger partial charge is 0.461 e. The van der Waals surface area contributed by atoms with Gasteiger partial charge in [0.2, 0.25) is 10.6 Å². The fraction of sp³-hybridized carbons (Fsp3) is 0. The second-order valence-corrected chi connectivity index (χ2v) is 4.45. The first-order valence-electron chi connectivity index (χ1n) is 5.86. The van der Waals surface area contributed by atoms with Crippen LogP contribution in [0.15, 0.2) is 46.1 Å². The standard InChI is InChI=1S/C13H8F2N4OS/c14-9-4-3-8(6-10(9)15)7-16-19-12(17-18-13(19)21)11-2-1-5-20-11/h1-7H,(H,18,21)/b16-7-. The molecule has 0 aliphatic rings. The van der Waals surface area contributed by atoms with E-state index < -0.39 is 11.6 Å². The molecule has 106 valence electrons. The van der Waals surface area contributed by atoms with Crippen molar-refractivity contribution in [1.29, 1.82) is 0 Å². The van der Waals surface area contributed by atoms with Gasteiger partial charge in [-0.05, 0) is 42.0 Å². The van der Waals surface area contributed by atoms with Gasteiger partial charge in [-0.1, -0.05) is 6.07 Å². The SMILES string of the molecule is Fc1ccc(/C=N\n2c(-c3ccco3)n[nH]c2=S)cc1F. The number of hydrogen-bond donors (Lipinski definition) is 1. The van der Waals surface area contributed by atoms with Crippen LogP contribution in [0.25, 0.3) is 11.6 Å². The van der Waals surface area contributed by atoms with Crippen molar-refractivity contribution in [2.24, 2.45) is 5.10 Å². The number of benzene rings is 1. The van der Waals surface area contributed by atoms with Crippen LogP contribution in [0.3, 0.4) is 0 Å². The molecule has 1 aromatic carbocycles. The zero-order chi connectivity index (χ0) is 14.8. The van der Waals surface area contributed by atoms with E-state index in [1.165, 1.54) is 23.2 Å². The van der Waals surface area contributed by atoms with Crippen molar-refractivity contribution in [3.63, 3.8) is 0 Å². The van der Waals surface area contributed by atoms with Crippen molar-refractivity contribution in [2.45, 2.75) is 0 Å². The third-order valence-electron chi connectivity index (χ3n) is 2.66. The summed E-state index contributed by atoms with van der Waals surface area (Å²) in [5, 5.41) is 10.7. The predicted octanol–water partition coefficient (Wildman–Crippen LogP) is 3.36. The number of nitrogens with one attached hydrogen (secondary N) is 1. The van der Waals surface area contributed by atoms with E-state index in [0.717, 1.165) is 12.1 Å². The molecule has 21 heavy (non-hydrogen) atoms. The van der Waals surface area contributed by atoms with E-state index in [1.54, 1.807) is 12.1 Å². The van der Waals surface area contributed by atoms with Gasteiger partial charge in [0, 0.05) is 0 Å². The van der Waals surface area contributed by atoms with Gasteiger partial charge in [-0.15, -0.1) is 5.10 Å². The highest BCUT2D eigenvalue weighted by Gasteiger charge is 2.10. The Labute approximate surface area is 122 Å². The number of hydrogen-bond acceptors (Lipinski definition) is 4. The first-order valence-corrected chi connectivity index (χ1v) is 6.26. The first-order chi connectivity index (χ1) is 10.1. The quantitative estimate of drug-likeness (QED) is 0.596. The Kier molecular flexibility index (Phi) is 3.44. The van der Waals surface area contributed by atoms with Crippen molar-refractivity contribution >= 4 is 18.4 Å². The zero-order valence-electron chi connectivity index (χ0n) is 10.5. The van der Waals surface area contributed by atoms with Crippen molar-refractivity contribution in [3.8, 4) is 11.6 Å². The Morgan fingerprint density at radius 1 is 1.29 bits per heavy atom. The highest BCUT2D eigenvalue weighted by atomic mass is 32.1. The van der Waals surface area contributed by atoms with Crippen LogP contribution in [0.5, 0.6) is 0 Å². The molecule has 0 saturated carbocycles. The summed E-state index contributed by atoms with van der Waals surface area (Å²) in [5.74, 6) is -1.00. The van der Waals surface area contributed by atoms with E-state index in [2.05, 4.69) is 15.3 Å². The zero-order valence-corrected chi connectivity index (χ0v) is 11.3. The Morgan fingerprint density at radius 3 is 2.86 bits per heavy atom. The monoisotopic (exact) mass is 306 g/mol. The number of aromatic nitrogens is 3. The van der Waals surface area contributed by atoms with E-state index in [0.29, 0.717) is 17.1 Å². The molecule has 2 heterocycles. The maximum Gasteiger partial charge on any atom is 0.219 e. The predicted molar refractivity (Wildman–Crippen MR) is 74.5 cm³/mol. The van der Waals surface area contributed by atoms with Crippen LogP contribution in [0.4, 0.5) is 8.78 Å². The average Bonchev–Trinajstić information content (AvgIpc) is 3.10. The number of aromatic amines is 1. The third-order valence-corrected chi connectivity index (χ3v) is 2.92. The molecule has 0 aliphatic heterocycles. The number of halogens is 2. The highest BCUT2D eigenvalue weighted by molar-refractivity contribution is 7.71. The summed E-state index contributed by atoms with van der Waals surface area (Å²) >= 11 is 5.06. The molecule has 0 aliphatic carbocycles. The summed E-state index contributed by atoms with van der Waals surface area (Å²) in [6.07, 6.45) is 2.84. The van der Waals surface area contributed by atoms with Gasteiger partial charge in [0.1, 0.15) is 0 Å². The fourth-order valence-corrected chi connectivity index (χ4v) is 1.86. The van der Waals surface area contributed by atoms with Gasteiger partial charge in [-0.25, -0.2) is 13.9 Å². The number of H-pyrrole nitrogens is 1. The van der Waals surface area contributed by atoms with Crippen molar-refractivity contribution in [1.82, 2.24) is 14.9 Å². The summed E-state index contributed by atoms with van der Waals surface area (Å²) in [6.45, 7) is 0. The lowest BCUT2D eigenvalue weighted by Gasteiger charge is -1.98. The molecule has 0 spiro atoms. The average molecular weight is 306 g/mol. The molecule has 0 saturated heterocycles. The van der Waals surface area contributed by atoms with Gasteiger partial charge < -0.3 is 4.42 Å². The molecular formula is C13H8F2N4OS. The minimum atomic E-state index is -0.944. The van der Waals surface area contributed by atoms with E-state index in [9.17, 15) is 8.78 Å². The lowest BCUT2D eigenvalue weighted by Crippen LogP contribution is -1.95. The van der Waals surface area contributed by atoms with E-state index in [-0.39, 0.29) is 4.77 Å². The number of furan rings is 1. The van der Waals surface area contributed by atoms with Gasteiger partial charge in [0.25, 0.3) is 0 Å². The highest BCUT2D eigenvalue weighted by Crippen LogP contribution is 2.17. The van der Waals surface area contributed by atoms with Gasteiger partial charge >= 0.3 is 0 Å². The topological polar surface area (TPSA) is 59.1 Å². The molecule has 2 aromatic heterocycles. The molecular weight excluding hydrogens is 298 g/mol. The first kappa shape index (κ1) is 13.4. The van der Waals surface area contributed by atoms with Gasteiger partial charge in [0.05, 0.1) is 12.5 Å². The van der Waals surface area contributed by atoms with Crippen LogP contribution >= 0.6 is 12.2 Å². The van der Waals surface area contributed by atoms with Gasteiger partial charge in [-0.2, -0.15) is 9.78 Å². The second-order valence-electron chi connectivity index (χ2n) is 4.06. The molecule has 0 amide bonds. The molecule has 0 atom stereocenters. The summed E-state index contributed by atoms with van der Waals surface area (Å²) in [6, 6.07) is 6.87. The van der Waals surface area contributed by atoms with Crippen LogP contribution in [-0.2, 0) is 0 Å². The maximum absolute atomic E-state index is 13.1. The molecule has 3 aromatic rings. The molecule has 8 heteroatoms. The molecule has 0 fully saturated rings. The van der Waals surface area contributed by atoms with E-state index >= 15 is 0 Å². The minimum Gasteiger partial charge on any atom is -0.461 e. The smallest absolute Gasteiger partial charge is 0.219 e. The van der Waals surface area contributed by atoms with Crippen LogP contribution in [0.2, 0.25) is 0 Å². The molecule has 3 rings (SSSR count). The molecule has 0 radical (unpaired) electrons. The maximum atomic E-state index is 13.1. The Balaban J connectivity index is 1.98. The third kappa shape index (κ3) is 2.65. The molecule has 0 unspecified atom stereocenters. The lowest BCUT2D eigenvalue weighted by molar-refractivity contribution is 0.508. The molecule has 5 nitrogen and oxygen atoms in total. The number of rotatable bonds is 3. The van der Waals surface area contributed by atoms with Crippen LogP contribution in [0.1, 0.15) is 5.56 Å². The second kappa shape index (κ2) is 5.41. The Bertz CT molecular complexity index is 851. The normalized spacial score (nSPS) is 11.3. The Hall–Kier alpha value is -2.61. The molecule has 1 N–H and O–H groups in total. The Morgan fingerprint density at radius 2 is 2.14 bits per heavy atom. The summed E-state index contributed by atoms with van der Waals surface area (Å²) in [5.41, 5.74) is 0.391. The van der Waals surface area contributed by atoms with E-state index in [4.69, 9.17) is 16.6 Å². The fourth-order valence-electron chi connectivity index (χ4n) is 1.68. The van der Waals surface area contributed by atoms with Crippen LogP contribution < -0.4 is 0 Å². The van der Waals surface area contributed by atoms with Crippen molar-refractivity contribution in [2.75, 3.05) is 0 Å². The number of nitrogens with zero attached hydrogens (tertiary/aromatic N) is 3. The van der Waals surface area contributed by atoms with E-state index in [1.807, 2.05) is 0 Å². The van der Waals surface area contributed by atoms with Crippen LogP contribution in [0, 0.1) is 16.4 Å². The van der Waals surface area contributed by atoms with Gasteiger partial charge in [0.15, 0.2) is 17.4 Å². The summed E-state index contributed by atoms with van der Waals surface area (Å²) < 4.78 is 32.8.